The third-order valence-electron chi connectivity index (χ3n) is 5.49. The van der Waals surface area contributed by atoms with Crippen molar-refractivity contribution in [2.24, 2.45) is 23.7 Å². The Kier molecular flexibility index (Phi) is 3.71. The second kappa shape index (κ2) is 5.65. The minimum atomic E-state index is -0.363. The van der Waals surface area contributed by atoms with Crippen molar-refractivity contribution < 1.29 is 23.8 Å². The molecule has 1 aromatic rings. The number of fused-ring (bicyclic) bond motifs is 1. The van der Waals surface area contributed by atoms with Gasteiger partial charge in [-0.1, -0.05) is 15.9 Å². The molecular weight excluding hydrogens is 378 g/mol. The van der Waals surface area contributed by atoms with Gasteiger partial charge in [0.15, 0.2) is 0 Å². The number of benzene rings is 1. The first-order valence-electron chi connectivity index (χ1n) is 7.92. The van der Waals surface area contributed by atoms with Gasteiger partial charge in [0.05, 0.1) is 36.6 Å². The molecule has 6 nitrogen and oxygen atoms in total. The van der Waals surface area contributed by atoms with Crippen LogP contribution in [0.3, 0.4) is 0 Å². The van der Waals surface area contributed by atoms with E-state index in [0.717, 1.165) is 6.42 Å². The quantitative estimate of drug-likeness (QED) is 0.624. The molecule has 1 aliphatic heterocycles. The Morgan fingerprint density at radius 1 is 1.29 bits per heavy atom. The minimum absolute atomic E-state index is 0.0544. The van der Waals surface area contributed by atoms with Gasteiger partial charge in [0.1, 0.15) is 17.6 Å². The zero-order chi connectivity index (χ0) is 17.0. The van der Waals surface area contributed by atoms with E-state index in [1.165, 1.54) is 7.11 Å². The van der Waals surface area contributed by atoms with Crippen LogP contribution >= 0.6 is 15.9 Å². The molecular formula is C17H18BrNO5. The number of hydrogen-bond donors (Lipinski definition) is 1. The van der Waals surface area contributed by atoms with E-state index in [9.17, 15) is 9.59 Å². The van der Waals surface area contributed by atoms with Crippen LogP contribution in [0, 0.1) is 23.7 Å². The summed E-state index contributed by atoms with van der Waals surface area (Å²) in [4.78, 5) is 25.1. The zero-order valence-electron chi connectivity index (χ0n) is 13.3. The number of ether oxygens (including phenoxy) is 3. The second-order valence-electron chi connectivity index (χ2n) is 6.52. The SMILES string of the molecule is COc1ccc(NC(=O)[C@@H]2[C@H]3C[C@H]4[C@H](OC(=O)[C@H]42)[C@H]3Br)c(OC)c1. The highest BCUT2D eigenvalue weighted by atomic mass is 79.9. The molecule has 0 spiro atoms. The monoisotopic (exact) mass is 395 g/mol. The third-order valence-corrected chi connectivity index (χ3v) is 6.69. The highest BCUT2D eigenvalue weighted by Crippen LogP contribution is 2.60. The first-order chi connectivity index (χ1) is 11.5. The van der Waals surface area contributed by atoms with Crippen LogP contribution in [0.25, 0.3) is 0 Å². The van der Waals surface area contributed by atoms with Crippen molar-refractivity contribution in [1.82, 2.24) is 0 Å². The molecule has 2 saturated carbocycles. The van der Waals surface area contributed by atoms with Gasteiger partial charge in [-0.2, -0.15) is 0 Å². The Balaban J connectivity index is 1.58. The third kappa shape index (κ3) is 2.13. The smallest absolute Gasteiger partial charge is 0.310 e. The van der Waals surface area contributed by atoms with Crippen molar-refractivity contribution in [2.75, 3.05) is 19.5 Å². The molecule has 1 heterocycles. The topological polar surface area (TPSA) is 73.9 Å². The van der Waals surface area contributed by atoms with Gasteiger partial charge in [-0.3, -0.25) is 9.59 Å². The van der Waals surface area contributed by atoms with Gasteiger partial charge < -0.3 is 19.5 Å². The van der Waals surface area contributed by atoms with Crippen molar-refractivity contribution >= 4 is 33.5 Å². The molecule has 3 aliphatic rings. The summed E-state index contributed by atoms with van der Waals surface area (Å²) < 4.78 is 15.9. The highest BCUT2D eigenvalue weighted by Gasteiger charge is 2.67. The van der Waals surface area contributed by atoms with Crippen LogP contribution in [0.5, 0.6) is 11.5 Å². The maximum Gasteiger partial charge on any atom is 0.310 e. The molecule has 4 rings (SSSR count). The first-order valence-corrected chi connectivity index (χ1v) is 8.84. The lowest BCUT2D eigenvalue weighted by molar-refractivity contribution is -0.145. The van der Waals surface area contributed by atoms with E-state index >= 15 is 0 Å². The Morgan fingerprint density at radius 3 is 2.79 bits per heavy atom. The maximum atomic E-state index is 12.9. The number of esters is 1. The maximum absolute atomic E-state index is 12.9. The van der Waals surface area contributed by atoms with E-state index in [1.807, 2.05) is 0 Å². The molecule has 24 heavy (non-hydrogen) atoms. The molecule has 7 heteroatoms. The number of alkyl halides is 1. The summed E-state index contributed by atoms with van der Waals surface area (Å²) in [5.41, 5.74) is 0.570. The molecule has 128 valence electrons. The summed E-state index contributed by atoms with van der Waals surface area (Å²) in [5.74, 6) is 0.367. The van der Waals surface area contributed by atoms with Gasteiger partial charge in [-0.25, -0.2) is 0 Å². The number of carbonyl (C=O) groups is 2. The predicted molar refractivity (Wildman–Crippen MR) is 89.3 cm³/mol. The first kappa shape index (κ1) is 15.7. The van der Waals surface area contributed by atoms with Gasteiger partial charge in [-0.05, 0) is 24.5 Å². The van der Waals surface area contributed by atoms with Crippen LogP contribution in [0.1, 0.15) is 6.42 Å². The van der Waals surface area contributed by atoms with Gasteiger partial charge >= 0.3 is 5.97 Å². The van der Waals surface area contributed by atoms with Crippen molar-refractivity contribution in [1.29, 1.82) is 0 Å². The predicted octanol–water partition coefficient (Wildman–Crippen LogP) is 2.21. The standard InChI is InChI=1S/C17H18BrNO5/c1-22-7-3-4-10(11(5-7)23-2)19-16(20)12-8-6-9-13(12)17(21)24-15(9)14(8)18/h3-5,8-9,12-15H,6H2,1-2H3,(H,19,20)/t8-,9-,12-,13-,14+,15+/m1/s1. The van der Waals surface area contributed by atoms with Crippen molar-refractivity contribution in [3.63, 3.8) is 0 Å². The van der Waals surface area contributed by atoms with Crippen LogP contribution in [0.15, 0.2) is 18.2 Å². The summed E-state index contributed by atoms with van der Waals surface area (Å²) >= 11 is 3.62. The summed E-state index contributed by atoms with van der Waals surface area (Å²) in [6.45, 7) is 0. The fourth-order valence-electron chi connectivity index (χ4n) is 4.45. The number of hydrogen-bond acceptors (Lipinski definition) is 5. The number of amides is 1. The summed E-state index contributed by atoms with van der Waals surface area (Å²) in [7, 11) is 3.11. The lowest BCUT2D eigenvalue weighted by Gasteiger charge is -2.27. The molecule has 1 saturated heterocycles. The highest BCUT2D eigenvalue weighted by molar-refractivity contribution is 9.09. The van der Waals surface area contributed by atoms with E-state index in [1.54, 1.807) is 25.3 Å². The molecule has 0 radical (unpaired) electrons. The van der Waals surface area contributed by atoms with Crippen molar-refractivity contribution in [3.05, 3.63) is 18.2 Å². The van der Waals surface area contributed by atoms with Gasteiger partial charge in [0.25, 0.3) is 0 Å². The molecule has 6 atom stereocenters. The Morgan fingerprint density at radius 2 is 2.08 bits per heavy atom. The number of carbonyl (C=O) groups excluding carboxylic acids is 2. The Bertz CT molecular complexity index is 708. The molecule has 1 aromatic carbocycles. The molecule has 2 bridgehead atoms. The van der Waals surface area contributed by atoms with Crippen molar-refractivity contribution in [3.8, 4) is 11.5 Å². The number of nitrogens with one attached hydrogen (secondary N) is 1. The van der Waals surface area contributed by atoms with Crippen LogP contribution in [0.4, 0.5) is 5.69 Å². The Hall–Kier alpha value is -1.76. The van der Waals surface area contributed by atoms with E-state index in [0.29, 0.717) is 17.2 Å². The van der Waals surface area contributed by atoms with E-state index in [-0.39, 0.29) is 46.5 Å². The van der Waals surface area contributed by atoms with Gasteiger partial charge in [-0.15, -0.1) is 0 Å². The summed E-state index contributed by atoms with van der Waals surface area (Å²) in [6.07, 6.45) is 0.779. The molecule has 2 aliphatic carbocycles. The minimum Gasteiger partial charge on any atom is -0.497 e. The van der Waals surface area contributed by atoms with Crippen molar-refractivity contribution in [2.45, 2.75) is 17.4 Å². The second-order valence-corrected chi connectivity index (χ2v) is 7.57. The van der Waals surface area contributed by atoms with Gasteiger partial charge in [0.2, 0.25) is 5.91 Å². The Labute approximate surface area is 148 Å². The largest absolute Gasteiger partial charge is 0.497 e. The van der Waals surface area contributed by atoms with Crippen LogP contribution in [0.2, 0.25) is 0 Å². The average Bonchev–Trinajstić information content (AvgIpc) is 3.19. The van der Waals surface area contributed by atoms with E-state index in [2.05, 4.69) is 21.2 Å². The molecule has 1 N–H and O–H groups in total. The van der Waals surface area contributed by atoms with Crippen LogP contribution < -0.4 is 14.8 Å². The lowest BCUT2D eigenvalue weighted by atomic mass is 9.79. The molecule has 0 unspecified atom stereocenters. The number of halogens is 1. The van der Waals surface area contributed by atoms with E-state index in [4.69, 9.17) is 14.2 Å². The lowest BCUT2D eigenvalue weighted by Crippen LogP contribution is -2.40. The number of rotatable bonds is 4. The fraction of sp³-hybridized carbons (Fsp3) is 0.529. The molecule has 1 amide bonds. The number of anilines is 1. The normalized spacial score (nSPS) is 35.7. The van der Waals surface area contributed by atoms with Crippen LogP contribution in [-0.2, 0) is 14.3 Å². The van der Waals surface area contributed by atoms with Crippen LogP contribution in [-0.4, -0.2) is 37.0 Å². The van der Waals surface area contributed by atoms with E-state index < -0.39 is 0 Å². The molecule has 0 aromatic heterocycles. The van der Waals surface area contributed by atoms with Gasteiger partial charge in [0, 0.05) is 12.0 Å². The average molecular weight is 396 g/mol. The summed E-state index contributed by atoms with van der Waals surface area (Å²) in [6, 6.07) is 5.21. The molecule has 3 fully saturated rings. The number of methoxy groups -OCH3 is 2. The summed E-state index contributed by atoms with van der Waals surface area (Å²) in [5, 5.41) is 2.92. The zero-order valence-corrected chi connectivity index (χ0v) is 14.9. The fourth-order valence-corrected chi connectivity index (χ4v) is 5.49.